The van der Waals surface area contributed by atoms with E-state index in [0.717, 1.165) is 6.42 Å². The highest BCUT2D eigenvalue weighted by Gasteiger charge is 1.68. The van der Waals surface area contributed by atoms with Gasteiger partial charge in [-0.2, -0.15) is 0 Å². The van der Waals surface area contributed by atoms with Crippen molar-refractivity contribution in [1.29, 1.82) is 0 Å². The van der Waals surface area contributed by atoms with Crippen molar-refractivity contribution < 1.29 is 0 Å². The smallest absolute Gasteiger partial charge is 0.0263 e. The van der Waals surface area contributed by atoms with Crippen LogP contribution in [0.3, 0.4) is 0 Å². The summed E-state index contributed by atoms with van der Waals surface area (Å²) in [6.07, 6.45) is 11.8. The number of hydrogen-bond acceptors (Lipinski definition) is 1. The first-order valence-electron chi connectivity index (χ1n) is 3.71. The Labute approximate surface area is 63.2 Å². The van der Waals surface area contributed by atoms with E-state index in [9.17, 15) is 0 Å². The number of aliphatic imine (C=N–C) groups is 1. The van der Waals surface area contributed by atoms with E-state index in [1.54, 1.807) is 6.20 Å². The molecule has 0 amide bonds. The fourth-order valence-corrected chi connectivity index (χ4v) is 0.475. The lowest BCUT2D eigenvalue weighted by molar-refractivity contribution is 1.01. The summed E-state index contributed by atoms with van der Waals surface area (Å²) in [7, 11) is 0. The third-order valence-electron chi connectivity index (χ3n) is 0.999. The van der Waals surface area contributed by atoms with E-state index in [4.69, 9.17) is 0 Å². The fraction of sp³-hybridized carbons (Fsp3) is 0.444. The SMILES string of the molecule is C/C=C\C=C/N=CCCC. The van der Waals surface area contributed by atoms with Crippen LogP contribution in [0.1, 0.15) is 26.7 Å². The summed E-state index contributed by atoms with van der Waals surface area (Å²) >= 11 is 0. The van der Waals surface area contributed by atoms with Gasteiger partial charge in [-0.3, -0.25) is 4.99 Å². The number of hydrogen-bond donors (Lipinski definition) is 0. The fourth-order valence-electron chi connectivity index (χ4n) is 0.475. The third kappa shape index (κ3) is 7.15. The van der Waals surface area contributed by atoms with E-state index in [2.05, 4.69) is 11.9 Å². The number of unbranched alkanes of at least 4 members (excludes halogenated alkanes) is 1. The molecule has 0 radical (unpaired) electrons. The second kappa shape index (κ2) is 8.15. The Morgan fingerprint density at radius 3 is 2.70 bits per heavy atom. The third-order valence-corrected chi connectivity index (χ3v) is 0.999. The Morgan fingerprint density at radius 1 is 1.30 bits per heavy atom. The quantitative estimate of drug-likeness (QED) is 0.417. The number of rotatable bonds is 4. The first kappa shape index (κ1) is 9.15. The van der Waals surface area contributed by atoms with Crippen molar-refractivity contribution in [3.63, 3.8) is 0 Å². The molecule has 0 aromatic rings. The van der Waals surface area contributed by atoms with E-state index in [-0.39, 0.29) is 0 Å². The lowest BCUT2D eigenvalue weighted by atomic mass is 10.4. The summed E-state index contributed by atoms with van der Waals surface area (Å²) in [6.45, 7) is 4.13. The van der Waals surface area contributed by atoms with Crippen LogP contribution in [0.15, 0.2) is 29.4 Å². The summed E-state index contributed by atoms with van der Waals surface area (Å²) in [5, 5.41) is 0. The molecular weight excluding hydrogens is 122 g/mol. The molecule has 0 fully saturated rings. The predicted molar refractivity (Wildman–Crippen MR) is 47.4 cm³/mol. The van der Waals surface area contributed by atoms with Crippen molar-refractivity contribution in [2.75, 3.05) is 0 Å². The monoisotopic (exact) mass is 137 g/mol. The van der Waals surface area contributed by atoms with Crippen LogP contribution in [0.25, 0.3) is 0 Å². The van der Waals surface area contributed by atoms with E-state index in [0.29, 0.717) is 0 Å². The molecule has 0 saturated carbocycles. The van der Waals surface area contributed by atoms with Crippen molar-refractivity contribution >= 4 is 6.21 Å². The van der Waals surface area contributed by atoms with Gasteiger partial charge in [0.2, 0.25) is 0 Å². The van der Waals surface area contributed by atoms with E-state index in [1.165, 1.54) is 6.42 Å². The number of nitrogens with zero attached hydrogens (tertiary/aromatic N) is 1. The topological polar surface area (TPSA) is 12.4 Å². The zero-order valence-electron chi connectivity index (χ0n) is 6.75. The molecule has 1 nitrogen and oxygen atoms in total. The molecule has 0 aromatic heterocycles. The summed E-state index contributed by atoms with van der Waals surface area (Å²) < 4.78 is 0. The van der Waals surface area contributed by atoms with E-state index >= 15 is 0 Å². The molecule has 0 aliphatic heterocycles. The lowest BCUT2D eigenvalue weighted by Crippen LogP contribution is -1.68. The Balaban J connectivity index is 3.32. The van der Waals surface area contributed by atoms with Gasteiger partial charge in [0, 0.05) is 12.4 Å². The average molecular weight is 137 g/mol. The van der Waals surface area contributed by atoms with Crippen molar-refractivity contribution in [3.8, 4) is 0 Å². The zero-order chi connectivity index (χ0) is 7.66. The van der Waals surface area contributed by atoms with Gasteiger partial charge in [0.1, 0.15) is 0 Å². The van der Waals surface area contributed by atoms with Gasteiger partial charge in [-0.05, 0) is 19.4 Å². The molecule has 0 unspecified atom stereocenters. The van der Waals surface area contributed by atoms with Crippen LogP contribution >= 0.6 is 0 Å². The number of allylic oxidation sites excluding steroid dienone is 3. The molecule has 56 valence electrons. The summed E-state index contributed by atoms with van der Waals surface area (Å²) in [6, 6.07) is 0. The standard InChI is InChI=1S/C9H15N/c1-3-5-7-9-10-8-6-4-2/h3,5,7-9H,4,6H2,1-2H3/b5-3-,9-7-,10-8?. The first-order valence-corrected chi connectivity index (χ1v) is 3.71. The molecule has 0 rings (SSSR count). The van der Waals surface area contributed by atoms with Crippen molar-refractivity contribution in [2.24, 2.45) is 4.99 Å². The Morgan fingerprint density at radius 2 is 2.10 bits per heavy atom. The average Bonchev–Trinajstić information content (AvgIpc) is 1.97. The summed E-state index contributed by atoms with van der Waals surface area (Å²) in [5.74, 6) is 0. The molecule has 0 aliphatic carbocycles. The van der Waals surface area contributed by atoms with Gasteiger partial charge in [0.15, 0.2) is 0 Å². The van der Waals surface area contributed by atoms with Crippen molar-refractivity contribution in [1.82, 2.24) is 0 Å². The Bertz CT molecular complexity index is 132. The molecule has 10 heavy (non-hydrogen) atoms. The lowest BCUT2D eigenvalue weighted by Gasteiger charge is -1.78. The van der Waals surface area contributed by atoms with Gasteiger partial charge in [-0.15, -0.1) is 0 Å². The van der Waals surface area contributed by atoms with Gasteiger partial charge < -0.3 is 0 Å². The van der Waals surface area contributed by atoms with Crippen LogP contribution in [0.2, 0.25) is 0 Å². The van der Waals surface area contributed by atoms with Gasteiger partial charge in [-0.1, -0.05) is 25.5 Å². The van der Waals surface area contributed by atoms with Gasteiger partial charge in [0.05, 0.1) is 0 Å². The highest BCUT2D eigenvalue weighted by atomic mass is 14.7. The van der Waals surface area contributed by atoms with E-state index < -0.39 is 0 Å². The maximum Gasteiger partial charge on any atom is 0.0263 e. The minimum absolute atomic E-state index is 1.07. The predicted octanol–water partition coefficient (Wildman–Crippen LogP) is 2.95. The van der Waals surface area contributed by atoms with E-state index in [1.807, 2.05) is 31.4 Å². The summed E-state index contributed by atoms with van der Waals surface area (Å²) in [5.41, 5.74) is 0. The largest absolute Gasteiger partial charge is 0.269 e. The maximum atomic E-state index is 4.04. The Kier molecular flexibility index (Phi) is 7.46. The molecule has 0 spiro atoms. The molecule has 0 atom stereocenters. The zero-order valence-corrected chi connectivity index (χ0v) is 6.75. The van der Waals surface area contributed by atoms with Gasteiger partial charge in [-0.25, -0.2) is 0 Å². The van der Waals surface area contributed by atoms with Crippen LogP contribution in [-0.4, -0.2) is 6.21 Å². The minimum atomic E-state index is 1.07. The summed E-state index contributed by atoms with van der Waals surface area (Å²) in [4.78, 5) is 4.04. The minimum Gasteiger partial charge on any atom is -0.269 e. The van der Waals surface area contributed by atoms with Crippen LogP contribution in [0.5, 0.6) is 0 Å². The molecular formula is C9H15N. The normalized spacial score (nSPS) is 12.6. The van der Waals surface area contributed by atoms with Crippen LogP contribution in [0, 0.1) is 0 Å². The molecule has 0 saturated heterocycles. The highest BCUT2D eigenvalue weighted by Crippen LogP contribution is 1.82. The van der Waals surface area contributed by atoms with Gasteiger partial charge >= 0.3 is 0 Å². The highest BCUT2D eigenvalue weighted by molar-refractivity contribution is 5.57. The second-order valence-corrected chi connectivity index (χ2v) is 1.99. The van der Waals surface area contributed by atoms with Gasteiger partial charge in [0.25, 0.3) is 0 Å². The van der Waals surface area contributed by atoms with Crippen molar-refractivity contribution in [2.45, 2.75) is 26.7 Å². The van der Waals surface area contributed by atoms with Crippen LogP contribution in [-0.2, 0) is 0 Å². The molecule has 0 aromatic carbocycles. The molecule has 0 heterocycles. The molecule has 0 aliphatic rings. The van der Waals surface area contributed by atoms with Crippen LogP contribution in [0.4, 0.5) is 0 Å². The molecule has 0 N–H and O–H groups in total. The Hall–Kier alpha value is -0.850. The maximum absolute atomic E-state index is 4.04. The molecule has 1 heteroatoms. The van der Waals surface area contributed by atoms with Crippen molar-refractivity contribution in [3.05, 3.63) is 24.4 Å². The first-order chi connectivity index (χ1) is 4.91. The van der Waals surface area contributed by atoms with Crippen LogP contribution < -0.4 is 0 Å². The molecule has 0 bridgehead atoms. The second-order valence-electron chi connectivity index (χ2n) is 1.99.